The van der Waals surface area contributed by atoms with E-state index in [0.29, 0.717) is 19.6 Å². The van der Waals surface area contributed by atoms with Gasteiger partial charge in [-0.3, -0.25) is 9.79 Å². The van der Waals surface area contributed by atoms with Gasteiger partial charge in [0.05, 0.1) is 6.54 Å². The molecule has 0 atom stereocenters. The van der Waals surface area contributed by atoms with E-state index in [9.17, 15) is 4.79 Å². The minimum atomic E-state index is 0.137. The van der Waals surface area contributed by atoms with Crippen molar-refractivity contribution in [3.8, 4) is 0 Å². The van der Waals surface area contributed by atoms with Gasteiger partial charge >= 0.3 is 0 Å². The maximum atomic E-state index is 12.6. The average Bonchev–Trinajstić information content (AvgIpc) is 3.21. The fourth-order valence-electron chi connectivity index (χ4n) is 3.87. The Kier molecular flexibility index (Phi) is 7.98. The fourth-order valence-corrected chi connectivity index (χ4v) is 3.99. The van der Waals surface area contributed by atoms with Crippen LogP contribution in [0.1, 0.15) is 31.2 Å². The monoisotopic (exact) mass is 405 g/mol. The van der Waals surface area contributed by atoms with Gasteiger partial charge in [-0.05, 0) is 63.0 Å². The van der Waals surface area contributed by atoms with Gasteiger partial charge in [-0.1, -0.05) is 23.7 Å². The van der Waals surface area contributed by atoms with Crippen molar-refractivity contribution < 1.29 is 4.79 Å². The zero-order valence-electron chi connectivity index (χ0n) is 16.9. The summed E-state index contributed by atoms with van der Waals surface area (Å²) < 4.78 is 0. The molecule has 6 nitrogen and oxygen atoms in total. The minimum absolute atomic E-state index is 0.137. The number of halogens is 1. The van der Waals surface area contributed by atoms with Crippen LogP contribution in [0.15, 0.2) is 29.3 Å². The molecule has 28 heavy (non-hydrogen) atoms. The minimum Gasteiger partial charge on any atom is -0.356 e. The van der Waals surface area contributed by atoms with Crippen molar-refractivity contribution in [2.75, 3.05) is 52.9 Å². The number of carbonyl (C=O) groups excluding carboxylic acids is 1. The first kappa shape index (κ1) is 20.9. The van der Waals surface area contributed by atoms with Gasteiger partial charge in [-0.15, -0.1) is 0 Å². The van der Waals surface area contributed by atoms with Gasteiger partial charge in [-0.2, -0.15) is 0 Å². The lowest BCUT2D eigenvalue weighted by molar-refractivity contribution is -0.135. The van der Waals surface area contributed by atoms with Crippen LogP contribution in [0.4, 0.5) is 0 Å². The second kappa shape index (κ2) is 10.7. The maximum absolute atomic E-state index is 12.6. The highest BCUT2D eigenvalue weighted by molar-refractivity contribution is 6.30. The molecule has 154 valence electrons. The van der Waals surface area contributed by atoms with Gasteiger partial charge in [0.1, 0.15) is 0 Å². The van der Waals surface area contributed by atoms with Crippen molar-refractivity contribution in [3.63, 3.8) is 0 Å². The van der Waals surface area contributed by atoms with E-state index in [1.165, 1.54) is 38.9 Å². The molecule has 3 rings (SSSR count). The first-order chi connectivity index (χ1) is 13.7. The van der Waals surface area contributed by atoms with Gasteiger partial charge in [0, 0.05) is 38.2 Å². The molecule has 2 heterocycles. The number of unbranched alkanes of at least 4 members (excludes halogenated alkanes) is 1. The Bertz CT molecular complexity index is 657. The second-order valence-electron chi connectivity index (χ2n) is 7.59. The van der Waals surface area contributed by atoms with Crippen LogP contribution >= 0.6 is 11.6 Å². The van der Waals surface area contributed by atoms with E-state index < -0.39 is 0 Å². The Labute approximate surface area is 173 Å². The molecule has 2 fully saturated rings. The number of hydrogen-bond donors (Lipinski definition) is 1. The zero-order chi connectivity index (χ0) is 19.8. The van der Waals surface area contributed by atoms with Crippen LogP contribution in [0.2, 0.25) is 5.02 Å². The molecule has 2 aliphatic heterocycles. The molecule has 1 N–H and O–H groups in total. The van der Waals surface area contributed by atoms with E-state index in [1.807, 2.05) is 29.2 Å². The molecule has 0 radical (unpaired) electrons. The number of amides is 1. The van der Waals surface area contributed by atoms with Crippen LogP contribution in [0.3, 0.4) is 0 Å². The molecule has 0 aliphatic carbocycles. The van der Waals surface area contributed by atoms with Gasteiger partial charge in [0.25, 0.3) is 0 Å². The van der Waals surface area contributed by atoms with Crippen molar-refractivity contribution in [3.05, 3.63) is 34.9 Å². The summed E-state index contributed by atoms with van der Waals surface area (Å²) in [6.07, 6.45) is 5.03. The Morgan fingerprint density at radius 1 is 1.11 bits per heavy atom. The van der Waals surface area contributed by atoms with Crippen molar-refractivity contribution in [1.29, 1.82) is 0 Å². The van der Waals surface area contributed by atoms with Gasteiger partial charge < -0.3 is 20.0 Å². The lowest BCUT2D eigenvalue weighted by Gasteiger charge is -2.36. The van der Waals surface area contributed by atoms with Crippen molar-refractivity contribution >= 4 is 23.5 Å². The predicted octanol–water partition coefficient (Wildman–Crippen LogP) is 2.44. The summed E-state index contributed by atoms with van der Waals surface area (Å²) in [6.45, 7) is 7.13. The summed E-state index contributed by atoms with van der Waals surface area (Å²) in [5, 5.41) is 4.15. The summed E-state index contributed by atoms with van der Waals surface area (Å²) in [6, 6.07) is 7.69. The van der Waals surface area contributed by atoms with Crippen molar-refractivity contribution in [2.45, 2.75) is 32.2 Å². The number of likely N-dealkylation sites (tertiary alicyclic amines) is 1. The Morgan fingerprint density at radius 2 is 1.86 bits per heavy atom. The van der Waals surface area contributed by atoms with Gasteiger partial charge in [0.2, 0.25) is 5.91 Å². The highest BCUT2D eigenvalue weighted by Gasteiger charge is 2.25. The quantitative estimate of drug-likeness (QED) is 0.430. The highest BCUT2D eigenvalue weighted by Crippen LogP contribution is 2.14. The number of aliphatic imine (C=N–C) groups is 1. The first-order valence-electron chi connectivity index (χ1n) is 10.4. The third-order valence-electron chi connectivity index (χ3n) is 5.50. The molecule has 0 bridgehead atoms. The summed E-state index contributed by atoms with van der Waals surface area (Å²) in [7, 11) is 1.79. The summed E-state index contributed by atoms with van der Waals surface area (Å²) >= 11 is 5.94. The fraction of sp³-hybridized carbons (Fsp3) is 0.619. The van der Waals surface area contributed by atoms with Crippen LogP contribution in [0.5, 0.6) is 0 Å². The standard InChI is InChI=1S/C21H32ClN5O/c1-23-21(24-10-2-3-11-25-12-4-5-13-25)27-15-14-26(20(28)17-27)16-18-6-8-19(22)9-7-18/h6-9H,2-5,10-17H2,1H3,(H,23,24). The SMILES string of the molecule is CN=C(NCCCCN1CCCC1)N1CCN(Cc2ccc(Cl)cc2)C(=O)C1. The van der Waals surface area contributed by atoms with Crippen LogP contribution in [-0.4, -0.2) is 79.4 Å². The van der Waals surface area contributed by atoms with E-state index in [1.54, 1.807) is 7.05 Å². The second-order valence-corrected chi connectivity index (χ2v) is 8.03. The average molecular weight is 406 g/mol. The number of guanidine groups is 1. The molecule has 0 unspecified atom stereocenters. The highest BCUT2D eigenvalue weighted by atomic mass is 35.5. The molecule has 2 aliphatic rings. The molecule has 7 heteroatoms. The maximum Gasteiger partial charge on any atom is 0.242 e. The Hall–Kier alpha value is -1.79. The summed E-state index contributed by atoms with van der Waals surface area (Å²) in [4.78, 5) is 23.5. The molecule has 0 saturated carbocycles. The topological polar surface area (TPSA) is 51.2 Å². The van der Waals surface area contributed by atoms with Crippen LogP contribution in [0, 0.1) is 0 Å². The largest absolute Gasteiger partial charge is 0.356 e. The smallest absolute Gasteiger partial charge is 0.242 e. The molecule has 2 saturated heterocycles. The lowest BCUT2D eigenvalue weighted by Crippen LogP contribution is -2.55. The number of carbonyl (C=O) groups is 1. The zero-order valence-corrected chi connectivity index (χ0v) is 17.6. The molecule has 0 spiro atoms. The number of benzene rings is 1. The van der Waals surface area contributed by atoms with E-state index >= 15 is 0 Å². The normalized spacial score (nSPS) is 18.8. The van der Waals surface area contributed by atoms with E-state index in [4.69, 9.17) is 11.6 Å². The van der Waals surface area contributed by atoms with Crippen LogP contribution < -0.4 is 5.32 Å². The number of nitrogens with one attached hydrogen (secondary N) is 1. The Morgan fingerprint density at radius 3 is 2.54 bits per heavy atom. The first-order valence-corrected chi connectivity index (χ1v) is 10.7. The summed E-state index contributed by atoms with van der Waals surface area (Å²) in [5.74, 6) is 0.971. The van der Waals surface area contributed by atoms with Gasteiger partial charge in [-0.25, -0.2) is 0 Å². The van der Waals surface area contributed by atoms with Crippen LogP contribution in [-0.2, 0) is 11.3 Å². The van der Waals surface area contributed by atoms with E-state index in [0.717, 1.165) is 36.1 Å². The molecule has 1 aromatic rings. The molecule has 0 aromatic heterocycles. The van der Waals surface area contributed by atoms with E-state index in [2.05, 4.69) is 20.1 Å². The number of piperazine rings is 1. The predicted molar refractivity (Wildman–Crippen MR) is 115 cm³/mol. The van der Waals surface area contributed by atoms with E-state index in [-0.39, 0.29) is 5.91 Å². The third kappa shape index (κ3) is 6.11. The van der Waals surface area contributed by atoms with Gasteiger partial charge in [0.15, 0.2) is 5.96 Å². The number of nitrogens with zero attached hydrogens (tertiary/aromatic N) is 4. The molecule has 1 amide bonds. The number of hydrogen-bond acceptors (Lipinski definition) is 3. The molecular formula is C21H32ClN5O. The third-order valence-corrected chi connectivity index (χ3v) is 5.75. The van der Waals surface area contributed by atoms with Crippen molar-refractivity contribution in [2.24, 2.45) is 4.99 Å². The Balaban J connectivity index is 1.38. The number of rotatable bonds is 7. The molecule has 1 aromatic carbocycles. The van der Waals surface area contributed by atoms with Crippen LogP contribution in [0.25, 0.3) is 0 Å². The lowest BCUT2D eigenvalue weighted by atomic mass is 10.2. The summed E-state index contributed by atoms with van der Waals surface area (Å²) in [5.41, 5.74) is 1.10. The van der Waals surface area contributed by atoms with Crippen molar-refractivity contribution in [1.82, 2.24) is 20.0 Å². The molecular weight excluding hydrogens is 374 g/mol.